The molecule has 3 N–H and O–H groups in total. The molecule has 1 saturated carbocycles. The van der Waals surface area contributed by atoms with Crippen LogP contribution in [0.2, 0.25) is 0 Å². The number of halogens is 4. The maximum atomic E-state index is 15.2. The molecule has 3 heterocycles. The van der Waals surface area contributed by atoms with E-state index in [1.165, 1.54) is 25.6 Å². The number of hydrogen-bond acceptors (Lipinski definition) is 10. The van der Waals surface area contributed by atoms with Crippen LogP contribution in [-0.2, 0) is 20.1 Å². The van der Waals surface area contributed by atoms with Gasteiger partial charge in [-0.25, -0.2) is 27.7 Å². The number of benzene rings is 1. The minimum atomic E-state index is -5.08. The molecule has 1 fully saturated rings. The highest BCUT2D eigenvalue weighted by atomic mass is 32.2. The van der Waals surface area contributed by atoms with Crippen molar-refractivity contribution in [3.8, 4) is 28.6 Å². The van der Waals surface area contributed by atoms with Gasteiger partial charge in [-0.2, -0.15) is 13.2 Å². The molecule has 11 nitrogen and oxygen atoms in total. The normalized spacial score (nSPS) is 26.9. The third kappa shape index (κ3) is 5.72. The van der Waals surface area contributed by atoms with E-state index in [-0.39, 0.29) is 11.8 Å². The fraction of sp³-hybridized carbons (Fsp3) is 0.423. The minimum Gasteiger partial charge on any atom is -0.480 e. The molecule has 0 radical (unpaired) electrons. The summed E-state index contributed by atoms with van der Waals surface area (Å²) in [6.07, 6.45) is 1.94. The smallest absolute Gasteiger partial charge is 0.480 e. The highest BCUT2D eigenvalue weighted by molar-refractivity contribution is 7.95. The maximum absolute atomic E-state index is 15.2. The van der Waals surface area contributed by atoms with Crippen LogP contribution in [0, 0.1) is 5.82 Å². The number of nitrogens with zero attached hydrogens (tertiary/aromatic N) is 5. The third-order valence-electron chi connectivity index (χ3n) is 7.33. The van der Waals surface area contributed by atoms with Crippen LogP contribution in [0.4, 0.5) is 17.6 Å². The number of hydrogen-bond donors (Lipinski definition) is 2. The van der Waals surface area contributed by atoms with E-state index in [9.17, 15) is 17.4 Å². The molecular formula is C26H28F4N6O5S. The van der Waals surface area contributed by atoms with E-state index in [2.05, 4.69) is 19.5 Å². The lowest BCUT2D eigenvalue weighted by atomic mass is 9.91. The summed E-state index contributed by atoms with van der Waals surface area (Å²) in [7, 11) is 0.283. The summed E-state index contributed by atoms with van der Waals surface area (Å²) in [4.78, 5) is 22.1. The average Bonchev–Trinajstić information content (AvgIpc) is 3.59. The monoisotopic (exact) mass is 612 g/mol. The Kier molecular flexibility index (Phi) is 8.42. The zero-order valence-electron chi connectivity index (χ0n) is 22.8. The number of nitrogens with two attached hydrogens (primary N) is 1. The second-order valence-corrected chi connectivity index (χ2v) is 12.7. The van der Waals surface area contributed by atoms with Crippen LogP contribution in [0.5, 0.6) is 5.88 Å². The molecule has 1 spiro atoms. The molecule has 42 heavy (non-hydrogen) atoms. The summed E-state index contributed by atoms with van der Waals surface area (Å²) >= 11 is 0. The van der Waals surface area contributed by atoms with Gasteiger partial charge in [0, 0.05) is 36.5 Å². The van der Waals surface area contributed by atoms with Crippen LogP contribution < -0.4 is 10.5 Å². The van der Waals surface area contributed by atoms with Gasteiger partial charge in [-0.1, -0.05) is 5.16 Å². The first-order chi connectivity index (χ1) is 19.7. The molecule has 0 bridgehead atoms. The number of aliphatic imine (C=N–C) groups is 1. The van der Waals surface area contributed by atoms with Crippen molar-refractivity contribution in [2.24, 2.45) is 15.1 Å². The molecule has 16 heteroatoms. The van der Waals surface area contributed by atoms with Gasteiger partial charge >= 0.3 is 12.1 Å². The number of carbonyl (C=O) groups is 1. The molecule has 3 aromatic rings. The number of aromatic nitrogens is 3. The molecule has 0 amide bonds. The van der Waals surface area contributed by atoms with Crippen molar-refractivity contribution in [1.82, 2.24) is 15.1 Å². The standard InChI is InChI=1S/C24H27FN6O3S.C2HF3O2/c1-23(14-35(32,27-2)24(13-30-23)8-4-5-21(24)26)16-9-15(6-7-17(16)25)20-10-18(31-34-20)19-11-29-22(33-3)12-28-19;3-2(4,5)1(6)7/h6-7,9-13,21H,4-5,8,14,26H2,1-3H3;(H,6,7)/t21?,23-,24?,35-;/m0./s1. The first-order valence-electron chi connectivity index (χ1n) is 12.6. The first-order valence-corrected chi connectivity index (χ1v) is 14.2. The summed E-state index contributed by atoms with van der Waals surface area (Å²) < 4.78 is 75.1. The van der Waals surface area contributed by atoms with Crippen LogP contribution in [0.15, 0.2) is 50.5 Å². The Morgan fingerprint density at radius 2 is 1.95 bits per heavy atom. The zero-order chi connectivity index (χ0) is 30.9. The SMILES string of the molecule is CN=[S@]1(=O)C[C@@](C)(c2cc(-c3cc(-c4cnc(OC)cn4)no3)ccc2F)N=CC12CCCC2N.O=C(O)C(F)(F)F. The molecule has 4 atom stereocenters. The minimum absolute atomic E-state index is 0.0875. The van der Waals surface area contributed by atoms with E-state index in [1.54, 1.807) is 38.4 Å². The van der Waals surface area contributed by atoms with Crippen molar-refractivity contribution in [2.75, 3.05) is 19.9 Å². The van der Waals surface area contributed by atoms with Gasteiger partial charge in [-0.05, 0) is 44.4 Å². The zero-order valence-corrected chi connectivity index (χ0v) is 23.6. The van der Waals surface area contributed by atoms with Gasteiger partial charge in [-0.15, -0.1) is 0 Å². The highest BCUT2D eigenvalue weighted by Crippen LogP contribution is 2.45. The van der Waals surface area contributed by atoms with Crippen molar-refractivity contribution in [1.29, 1.82) is 0 Å². The molecule has 2 aliphatic rings. The predicted octanol–water partition coefficient (Wildman–Crippen LogP) is 4.23. The lowest BCUT2D eigenvalue weighted by molar-refractivity contribution is -0.192. The van der Waals surface area contributed by atoms with Gasteiger partial charge in [-0.3, -0.25) is 4.99 Å². The number of rotatable bonds is 4. The van der Waals surface area contributed by atoms with E-state index >= 15 is 4.39 Å². The summed E-state index contributed by atoms with van der Waals surface area (Å²) in [5.74, 6) is -2.30. The second kappa shape index (κ2) is 11.4. The summed E-state index contributed by atoms with van der Waals surface area (Å²) in [6.45, 7) is 1.78. The van der Waals surface area contributed by atoms with Crippen LogP contribution in [0.3, 0.4) is 0 Å². The second-order valence-electron chi connectivity index (χ2n) is 9.97. The Hall–Kier alpha value is -3.92. The van der Waals surface area contributed by atoms with E-state index < -0.39 is 38.0 Å². The number of carboxylic acids is 1. The Bertz CT molecular complexity index is 1620. The van der Waals surface area contributed by atoms with Crippen LogP contribution >= 0.6 is 0 Å². The molecule has 2 aromatic heterocycles. The number of carboxylic acid groups (broad SMARTS) is 1. The topological polar surface area (TPSA) is 166 Å². The van der Waals surface area contributed by atoms with Gasteiger partial charge in [0.15, 0.2) is 5.76 Å². The van der Waals surface area contributed by atoms with Crippen molar-refractivity contribution in [3.63, 3.8) is 0 Å². The molecule has 1 aliphatic heterocycles. The van der Waals surface area contributed by atoms with E-state index in [1.807, 2.05) is 0 Å². The number of aliphatic carboxylic acids is 1. The third-order valence-corrected chi connectivity index (χ3v) is 10.7. The maximum Gasteiger partial charge on any atom is 0.490 e. The molecule has 0 saturated heterocycles. The molecule has 1 aromatic carbocycles. The van der Waals surface area contributed by atoms with Crippen molar-refractivity contribution in [3.05, 3.63) is 48.0 Å². The Morgan fingerprint density at radius 1 is 1.24 bits per heavy atom. The lowest BCUT2D eigenvalue weighted by Gasteiger charge is -2.42. The number of ether oxygens (including phenoxy) is 1. The molecule has 5 rings (SSSR count). The Labute approximate surface area is 238 Å². The van der Waals surface area contributed by atoms with Gasteiger partial charge in [0.05, 0.1) is 40.5 Å². The molecular weight excluding hydrogens is 584 g/mol. The predicted molar refractivity (Wildman–Crippen MR) is 145 cm³/mol. The van der Waals surface area contributed by atoms with Crippen LogP contribution in [-0.4, -0.2) is 73.5 Å². The van der Waals surface area contributed by atoms with E-state index in [0.717, 1.165) is 12.8 Å². The molecule has 2 unspecified atom stereocenters. The summed E-state index contributed by atoms with van der Waals surface area (Å²) in [5, 5.41) is 11.2. The Balaban J connectivity index is 0.000000517. The largest absolute Gasteiger partial charge is 0.490 e. The quantitative estimate of drug-likeness (QED) is 0.410. The fourth-order valence-electron chi connectivity index (χ4n) is 5.03. The van der Waals surface area contributed by atoms with Crippen LogP contribution in [0.25, 0.3) is 22.7 Å². The van der Waals surface area contributed by atoms with Crippen molar-refractivity contribution in [2.45, 2.75) is 48.7 Å². The van der Waals surface area contributed by atoms with Gasteiger partial charge in [0.25, 0.3) is 0 Å². The molecule has 1 aliphatic carbocycles. The van der Waals surface area contributed by atoms with E-state index in [4.69, 9.17) is 29.9 Å². The van der Waals surface area contributed by atoms with E-state index in [0.29, 0.717) is 40.6 Å². The summed E-state index contributed by atoms with van der Waals surface area (Å²) in [6, 6.07) is 6.05. The first kappa shape index (κ1) is 31.0. The lowest BCUT2D eigenvalue weighted by Crippen LogP contribution is -2.57. The van der Waals surface area contributed by atoms with Gasteiger partial charge in [0.1, 0.15) is 22.0 Å². The Morgan fingerprint density at radius 3 is 2.50 bits per heavy atom. The molecule has 226 valence electrons. The van der Waals surface area contributed by atoms with Crippen LogP contribution in [0.1, 0.15) is 31.7 Å². The number of methoxy groups -OCH3 is 1. The fourth-order valence-corrected chi connectivity index (χ4v) is 8.03. The highest BCUT2D eigenvalue weighted by Gasteiger charge is 2.54. The summed E-state index contributed by atoms with van der Waals surface area (Å²) in [5.41, 5.74) is 7.21. The van der Waals surface area contributed by atoms with Gasteiger partial charge in [0.2, 0.25) is 5.88 Å². The van der Waals surface area contributed by atoms with Gasteiger partial charge < -0.3 is 20.1 Å². The average molecular weight is 613 g/mol. The van der Waals surface area contributed by atoms with Crippen molar-refractivity contribution >= 4 is 21.9 Å². The number of alkyl halides is 3. The van der Waals surface area contributed by atoms with Crippen molar-refractivity contribution < 1.29 is 40.9 Å².